The first-order chi connectivity index (χ1) is 16.1. The Hall–Kier alpha value is -2.84. The van der Waals surface area contributed by atoms with E-state index in [-0.39, 0.29) is 18.3 Å². The first-order valence-corrected chi connectivity index (χ1v) is 13.9. The quantitative estimate of drug-likeness (QED) is 0.395. The van der Waals surface area contributed by atoms with Crippen molar-refractivity contribution < 1.29 is 17.6 Å². The maximum atomic E-state index is 13.6. The highest BCUT2D eigenvalue weighted by molar-refractivity contribution is 7.98. The third-order valence-corrected chi connectivity index (χ3v) is 7.46. The van der Waals surface area contributed by atoms with Gasteiger partial charge in [-0.05, 0) is 60.4 Å². The molecule has 0 bridgehead atoms. The smallest absolute Gasteiger partial charge is 0.251 e. The van der Waals surface area contributed by atoms with Crippen molar-refractivity contribution in [2.45, 2.75) is 26.1 Å². The van der Waals surface area contributed by atoms with Crippen LogP contribution in [0.5, 0.6) is 0 Å². The molecule has 34 heavy (non-hydrogen) atoms. The van der Waals surface area contributed by atoms with Crippen LogP contribution < -0.4 is 9.62 Å². The number of anilines is 1. The van der Waals surface area contributed by atoms with Gasteiger partial charge < -0.3 is 5.32 Å². The van der Waals surface area contributed by atoms with Crippen LogP contribution in [0.2, 0.25) is 0 Å². The van der Waals surface area contributed by atoms with E-state index in [2.05, 4.69) is 5.32 Å². The zero-order chi connectivity index (χ0) is 24.7. The van der Waals surface area contributed by atoms with Gasteiger partial charge in [-0.25, -0.2) is 12.8 Å². The number of nitrogens with zero attached hydrogens (tertiary/aromatic N) is 1. The molecule has 0 radical (unpaired) electrons. The summed E-state index contributed by atoms with van der Waals surface area (Å²) in [5.74, 6) is 0.796. The van der Waals surface area contributed by atoms with E-state index in [1.807, 2.05) is 38.1 Å². The van der Waals surface area contributed by atoms with Crippen LogP contribution in [0.15, 0.2) is 66.7 Å². The summed E-state index contributed by atoms with van der Waals surface area (Å²) in [4.78, 5) is 12.4. The van der Waals surface area contributed by atoms with E-state index < -0.39 is 10.0 Å². The second-order valence-corrected chi connectivity index (χ2v) is 11.2. The fourth-order valence-corrected chi connectivity index (χ4v) is 5.22. The molecular formula is C26H29FN2O3S2. The van der Waals surface area contributed by atoms with E-state index in [1.54, 1.807) is 48.2 Å². The maximum Gasteiger partial charge on any atom is 0.251 e. The van der Waals surface area contributed by atoms with Crippen molar-refractivity contribution in [2.75, 3.05) is 22.9 Å². The highest BCUT2D eigenvalue weighted by atomic mass is 32.2. The number of nitrogens with one attached hydrogen (secondary N) is 1. The predicted molar refractivity (Wildman–Crippen MR) is 138 cm³/mol. The van der Waals surface area contributed by atoms with Gasteiger partial charge >= 0.3 is 0 Å². The van der Waals surface area contributed by atoms with E-state index in [0.29, 0.717) is 34.9 Å². The van der Waals surface area contributed by atoms with E-state index in [4.69, 9.17) is 0 Å². The van der Waals surface area contributed by atoms with E-state index in [1.165, 1.54) is 16.6 Å². The first-order valence-electron chi connectivity index (χ1n) is 10.9. The summed E-state index contributed by atoms with van der Waals surface area (Å²) in [7, 11) is -3.49. The molecule has 0 heterocycles. The molecule has 8 heteroatoms. The standard InChI is InChI=1S/C26H29FN2O3S2/c1-19-8-9-20(2)25(16-19)29(34(3,31)32)17-21-10-12-22(13-11-21)26(30)28-14-15-33-18-23-6-4-5-7-24(23)27/h4-13,16H,14-15,17-18H2,1-3H3,(H,28,30). The van der Waals surface area contributed by atoms with Gasteiger partial charge in [0.25, 0.3) is 5.91 Å². The molecule has 0 atom stereocenters. The summed E-state index contributed by atoms with van der Waals surface area (Å²) >= 11 is 1.55. The maximum absolute atomic E-state index is 13.6. The van der Waals surface area contributed by atoms with Crippen molar-refractivity contribution in [2.24, 2.45) is 0 Å². The van der Waals surface area contributed by atoms with Crippen molar-refractivity contribution in [3.05, 3.63) is 100 Å². The van der Waals surface area contributed by atoms with Crippen molar-refractivity contribution in [1.82, 2.24) is 5.32 Å². The summed E-state index contributed by atoms with van der Waals surface area (Å²) in [5, 5.41) is 2.86. The van der Waals surface area contributed by atoms with Crippen molar-refractivity contribution in [1.29, 1.82) is 0 Å². The third kappa shape index (κ3) is 7.08. The van der Waals surface area contributed by atoms with Gasteiger partial charge in [0, 0.05) is 23.6 Å². The lowest BCUT2D eigenvalue weighted by Crippen LogP contribution is -2.30. The van der Waals surface area contributed by atoms with Gasteiger partial charge in [-0.15, -0.1) is 0 Å². The Labute approximate surface area is 205 Å². The topological polar surface area (TPSA) is 66.5 Å². The molecule has 0 aliphatic carbocycles. The number of hydrogen-bond acceptors (Lipinski definition) is 4. The minimum atomic E-state index is -3.49. The van der Waals surface area contributed by atoms with Gasteiger partial charge in [0.2, 0.25) is 10.0 Å². The second kappa shape index (κ2) is 11.5. The lowest BCUT2D eigenvalue weighted by atomic mass is 10.1. The molecule has 0 aromatic heterocycles. The number of aryl methyl sites for hydroxylation is 2. The van der Waals surface area contributed by atoms with Gasteiger partial charge in [0.1, 0.15) is 5.82 Å². The van der Waals surface area contributed by atoms with Gasteiger partial charge in [0.05, 0.1) is 18.5 Å². The van der Waals surface area contributed by atoms with Crippen molar-refractivity contribution in [3.8, 4) is 0 Å². The molecule has 0 aliphatic rings. The second-order valence-electron chi connectivity index (χ2n) is 8.16. The Bertz CT molecular complexity index is 1250. The first kappa shape index (κ1) is 25.8. The Morgan fingerprint density at radius 1 is 1.03 bits per heavy atom. The van der Waals surface area contributed by atoms with Crippen LogP contribution in [0.4, 0.5) is 10.1 Å². The van der Waals surface area contributed by atoms with E-state index in [9.17, 15) is 17.6 Å². The average molecular weight is 501 g/mol. The SMILES string of the molecule is Cc1ccc(C)c(N(Cc2ccc(C(=O)NCCSCc3ccccc3F)cc2)S(C)(=O)=O)c1. The van der Waals surface area contributed by atoms with Crippen LogP contribution in [-0.2, 0) is 22.3 Å². The van der Waals surface area contributed by atoms with Crippen molar-refractivity contribution in [3.63, 3.8) is 0 Å². The largest absolute Gasteiger partial charge is 0.351 e. The molecule has 0 spiro atoms. The lowest BCUT2D eigenvalue weighted by molar-refractivity contribution is 0.0956. The predicted octanol–water partition coefficient (Wildman–Crippen LogP) is 5.07. The molecule has 3 aromatic carbocycles. The number of benzene rings is 3. The van der Waals surface area contributed by atoms with Crippen LogP contribution in [0, 0.1) is 19.7 Å². The van der Waals surface area contributed by atoms with Gasteiger partial charge in [0.15, 0.2) is 0 Å². The Morgan fingerprint density at radius 3 is 2.41 bits per heavy atom. The molecule has 180 valence electrons. The fraction of sp³-hybridized carbons (Fsp3) is 0.269. The van der Waals surface area contributed by atoms with Crippen LogP contribution in [-0.4, -0.2) is 32.9 Å². The molecule has 1 amide bonds. The Morgan fingerprint density at radius 2 is 1.74 bits per heavy atom. The Kier molecular flexibility index (Phi) is 8.74. The number of amides is 1. The molecule has 1 N–H and O–H groups in total. The summed E-state index contributed by atoms with van der Waals surface area (Å²) < 4.78 is 40.0. The lowest BCUT2D eigenvalue weighted by Gasteiger charge is -2.25. The highest BCUT2D eigenvalue weighted by Gasteiger charge is 2.20. The number of sulfonamides is 1. The molecule has 0 unspecified atom stereocenters. The van der Waals surface area contributed by atoms with E-state index >= 15 is 0 Å². The minimum absolute atomic E-state index is 0.178. The molecule has 3 aromatic rings. The highest BCUT2D eigenvalue weighted by Crippen LogP contribution is 2.26. The minimum Gasteiger partial charge on any atom is -0.351 e. The fourth-order valence-electron chi connectivity index (χ4n) is 3.43. The molecule has 0 aliphatic heterocycles. The molecular weight excluding hydrogens is 471 g/mol. The molecule has 0 fully saturated rings. The van der Waals surface area contributed by atoms with Gasteiger partial charge in [-0.1, -0.05) is 42.5 Å². The van der Waals surface area contributed by atoms with E-state index in [0.717, 1.165) is 16.7 Å². The number of carbonyl (C=O) groups excluding carboxylic acids is 1. The summed E-state index contributed by atoms with van der Waals surface area (Å²) in [6, 6.07) is 19.3. The zero-order valence-corrected chi connectivity index (χ0v) is 21.2. The number of thioether (sulfide) groups is 1. The van der Waals surface area contributed by atoms with Crippen LogP contribution >= 0.6 is 11.8 Å². The molecule has 5 nitrogen and oxygen atoms in total. The van der Waals surface area contributed by atoms with Crippen LogP contribution in [0.25, 0.3) is 0 Å². The Balaban J connectivity index is 1.56. The number of rotatable bonds is 10. The number of carbonyl (C=O) groups is 1. The summed E-state index contributed by atoms with van der Waals surface area (Å²) in [5.41, 5.74) is 4.44. The van der Waals surface area contributed by atoms with Gasteiger partial charge in [-0.3, -0.25) is 9.10 Å². The number of halogens is 1. The average Bonchev–Trinajstić information content (AvgIpc) is 2.79. The number of hydrogen-bond donors (Lipinski definition) is 1. The van der Waals surface area contributed by atoms with Gasteiger partial charge in [-0.2, -0.15) is 11.8 Å². The van der Waals surface area contributed by atoms with Crippen LogP contribution in [0.3, 0.4) is 0 Å². The third-order valence-electron chi connectivity index (χ3n) is 5.32. The zero-order valence-electron chi connectivity index (χ0n) is 19.5. The summed E-state index contributed by atoms with van der Waals surface area (Å²) in [6.45, 7) is 4.45. The molecule has 0 saturated heterocycles. The molecule has 0 saturated carbocycles. The normalized spacial score (nSPS) is 11.3. The molecule has 3 rings (SSSR count). The van der Waals surface area contributed by atoms with Crippen molar-refractivity contribution >= 4 is 33.4 Å². The monoisotopic (exact) mass is 500 g/mol. The summed E-state index contributed by atoms with van der Waals surface area (Å²) in [6.07, 6.45) is 1.20. The van der Waals surface area contributed by atoms with Crippen LogP contribution in [0.1, 0.15) is 32.6 Å².